The molecule has 0 unspecified atom stereocenters. The first kappa shape index (κ1) is 15.0. The number of amides is 2. The third-order valence-electron chi connectivity index (χ3n) is 4.52. The van der Waals surface area contributed by atoms with Crippen molar-refractivity contribution in [1.82, 2.24) is 21.1 Å². The molecular weight excluding hydrogens is 306 g/mol. The Bertz CT molecular complexity index is 781. The molecule has 1 aliphatic carbocycles. The lowest BCUT2D eigenvalue weighted by molar-refractivity contribution is 0.250. The van der Waals surface area contributed by atoms with E-state index in [1.165, 1.54) is 23.4 Å². The highest BCUT2D eigenvalue weighted by molar-refractivity contribution is 5.92. The molecule has 1 aromatic heterocycles. The standard InChI is InChI=1S/C17H21N5O2/c1-11-5-3-4-6-15(11)24-10-14-13(12-7-8-12)9-21(2)16(14)22-17(23)18-19-20-22/h3-6,9,12,19-20H,7-8,10H2,1-2H3,(H,18,23). The first-order chi connectivity index (χ1) is 11.6. The third kappa shape index (κ3) is 2.61. The number of urea groups is 1. The van der Waals surface area contributed by atoms with E-state index in [-0.39, 0.29) is 6.03 Å². The van der Waals surface area contributed by atoms with Crippen molar-refractivity contribution in [3.05, 3.63) is 47.2 Å². The van der Waals surface area contributed by atoms with Gasteiger partial charge in [0.25, 0.3) is 0 Å². The van der Waals surface area contributed by atoms with Crippen LogP contribution in [0.1, 0.15) is 35.4 Å². The molecule has 1 saturated heterocycles. The molecule has 2 aliphatic rings. The number of aromatic nitrogens is 1. The van der Waals surface area contributed by atoms with Crippen LogP contribution in [-0.4, -0.2) is 10.6 Å². The van der Waals surface area contributed by atoms with Gasteiger partial charge in [0.2, 0.25) is 0 Å². The van der Waals surface area contributed by atoms with Crippen molar-refractivity contribution in [2.24, 2.45) is 7.05 Å². The van der Waals surface area contributed by atoms with Crippen molar-refractivity contribution < 1.29 is 9.53 Å². The summed E-state index contributed by atoms with van der Waals surface area (Å²) in [5.41, 5.74) is 11.4. The Hall–Kier alpha value is -2.51. The summed E-state index contributed by atoms with van der Waals surface area (Å²) in [6.07, 6.45) is 4.49. The molecule has 24 heavy (non-hydrogen) atoms. The molecule has 0 spiro atoms. The predicted octanol–water partition coefficient (Wildman–Crippen LogP) is 2.24. The molecule has 0 atom stereocenters. The van der Waals surface area contributed by atoms with Crippen LogP contribution in [0.3, 0.4) is 0 Å². The van der Waals surface area contributed by atoms with Gasteiger partial charge in [-0.3, -0.25) is 5.43 Å². The van der Waals surface area contributed by atoms with E-state index in [9.17, 15) is 4.79 Å². The number of anilines is 1. The lowest BCUT2D eigenvalue weighted by Gasteiger charge is -2.18. The Morgan fingerprint density at radius 3 is 2.75 bits per heavy atom. The van der Waals surface area contributed by atoms with Gasteiger partial charge in [-0.25, -0.2) is 4.79 Å². The number of aryl methyl sites for hydroxylation is 2. The third-order valence-corrected chi connectivity index (χ3v) is 4.52. The molecule has 1 aliphatic heterocycles. The van der Waals surface area contributed by atoms with Crippen molar-refractivity contribution in [3.63, 3.8) is 0 Å². The summed E-state index contributed by atoms with van der Waals surface area (Å²) >= 11 is 0. The Morgan fingerprint density at radius 1 is 1.29 bits per heavy atom. The smallest absolute Gasteiger partial charge is 0.354 e. The van der Waals surface area contributed by atoms with E-state index in [1.807, 2.05) is 42.8 Å². The molecule has 4 rings (SSSR count). The van der Waals surface area contributed by atoms with Crippen LogP contribution in [0.15, 0.2) is 30.5 Å². The van der Waals surface area contributed by atoms with Crippen LogP contribution in [0.4, 0.5) is 10.6 Å². The second-order valence-corrected chi connectivity index (χ2v) is 6.33. The zero-order valence-electron chi connectivity index (χ0n) is 13.8. The number of rotatable bonds is 5. The lowest BCUT2D eigenvalue weighted by Crippen LogP contribution is -2.39. The van der Waals surface area contributed by atoms with Gasteiger partial charge in [0.05, 0.1) is 0 Å². The summed E-state index contributed by atoms with van der Waals surface area (Å²) in [6, 6.07) is 7.72. The second kappa shape index (κ2) is 5.85. The molecule has 2 heterocycles. The van der Waals surface area contributed by atoms with Crippen LogP contribution in [0.25, 0.3) is 0 Å². The molecule has 2 amide bonds. The van der Waals surface area contributed by atoms with Gasteiger partial charge in [-0.1, -0.05) is 18.2 Å². The van der Waals surface area contributed by atoms with Gasteiger partial charge in [-0.2, -0.15) is 5.01 Å². The van der Waals surface area contributed by atoms with E-state index in [4.69, 9.17) is 4.74 Å². The average molecular weight is 327 g/mol. The molecule has 1 saturated carbocycles. The summed E-state index contributed by atoms with van der Waals surface area (Å²) in [5.74, 6) is 2.23. The number of hydrazine groups is 3. The zero-order chi connectivity index (χ0) is 16.7. The van der Waals surface area contributed by atoms with E-state index >= 15 is 0 Å². The maximum absolute atomic E-state index is 12.0. The van der Waals surface area contributed by atoms with Gasteiger partial charge in [-0.15, -0.1) is 11.1 Å². The number of nitrogens with one attached hydrogen (secondary N) is 3. The van der Waals surface area contributed by atoms with Crippen molar-refractivity contribution in [2.75, 3.05) is 5.01 Å². The molecule has 1 aromatic carbocycles. The second-order valence-electron chi connectivity index (χ2n) is 6.33. The van der Waals surface area contributed by atoms with Crippen LogP contribution < -0.4 is 26.2 Å². The van der Waals surface area contributed by atoms with Gasteiger partial charge < -0.3 is 9.30 Å². The molecule has 2 fully saturated rings. The normalized spacial score (nSPS) is 17.2. The fraction of sp³-hybridized carbons (Fsp3) is 0.353. The number of hydrogen-bond donors (Lipinski definition) is 3. The molecule has 2 aromatic rings. The van der Waals surface area contributed by atoms with Gasteiger partial charge >= 0.3 is 6.03 Å². The van der Waals surface area contributed by atoms with Gasteiger partial charge in [-0.05, 0) is 42.9 Å². The summed E-state index contributed by atoms with van der Waals surface area (Å²) < 4.78 is 8.05. The number of benzene rings is 1. The minimum Gasteiger partial charge on any atom is -0.488 e. The molecule has 126 valence electrons. The Balaban J connectivity index is 1.67. The Labute approximate surface area is 140 Å². The predicted molar refractivity (Wildman–Crippen MR) is 90.2 cm³/mol. The first-order valence-corrected chi connectivity index (χ1v) is 8.12. The van der Waals surface area contributed by atoms with Crippen molar-refractivity contribution in [3.8, 4) is 5.75 Å². The van der Waals surface area contributed by atoms with Gasteiger partial charge in [0.1, 0.15) is 18.2 Å². The number of ether oxygens (including phenoxy) is 1. The lowest BCUT2D eigenvalue weighted by atomic mass is 10.1. The highest BCUT2D eigenvalue weighted by atomic mass is 16.5. The average Bonchev–Trinajstić information content (AvgIpc) is 3.25. The number of carbonyl (C=O) groups excluding carboxylic acids is 1. The van der Waals surface area contributed by atoms with Crippen molar-refractivity contribution >= 4 is 11.8 Å². The molecule has 0 radical (unpaired) electrons. The SMILES string of the molecule is Cc1ccccc1OCc1c(C2CC2)cn(C)c1N1NNNC1=O. The largest absolute Gasteiger partial charge is 0.488 e. The van der Waals surface area contributed by atoms with Gasteiger partial charge in [0.15, 0.2) is 0 Å². The number of nitrogens with zero attached hydrogens (tertiary/aromatic N) is 2. The van der Waals surface area contributed by atoms with E-state index in [1.54, 1.807) is 0 Å². The fourth-order valence-corrected chi connectivity index (χ4v) is 3.14. The van der Waals surface area contributed by atoms with Crippen LogP contribution in [-0.2, 0) is 13.7 Å². The fourth-order valence-electron chi connectivity index (χ4n) is 3.14. The molecule has 7 heteroatoms. The molecule has 7 nitrogen and oxygen atoms in total. The summed E-state index contributed by atoms with van der Waals surface area (Å²) in [5, 5.41) is 1.47. The van der Waals surface area contributed by atoms with Crippen LogP contribution in [0, 0.1) is 6.92 Å². The van der Waals surface area contributed by atoms with E-state index in [0.29, 0.717) is 12.5 Å². The Kier molecular flexibility index (Phi) is 3.66. The van der Waals surface area contributed by atoms with Crippen LogP contribution in [0.5, 0.6) is 5.75 Å². The summed E-state index contributed by atoms with van der Waals surface area (Å²) in [6.45, 7) is 2.46. The first-order valence-electron chi connectivity index (χ1n) is 8.12. The van der Waals surface area contributed by atoms with Crippen molar-refractivity contribution in [1.29, 1.82) is 0 Å². The maximum Gasteiger partial charge on any atom is 0.354 e. The quantitative estimate of drug-likeness (QED) is 0.788. The summed E-state index contributed by atoms with van der Waals surface area (Å²) in [7, 11) is 1.95. The number of carbonyl (C=O) groups is 1. The minimum atomic E-state index is -0.240. The monoisotopic (exact) mass is 327 g/mol. The molecule has 0 bridgehead atoms. The molecule has 3 N–H and O–H groups in total. The Morgan fingerprint density at radius 2 is 2.08 bits per heavy atom. The molecular formula is C17H21N5O2. The van der Waals surface area contributed by atoms with Crippen LogP contribution in [0.2, 0.25) is 0 Å². The number of hydrogen-bond acceptors (Lipinski definition) is 4. The van der Waals surface area contributed by atoms with Gasteiger partial charge in [0, 0.05) is 18.8 Å². The van der Waals surface area contributed by atoms with Crippen LogP contribution >= 0.6 is 0 Å². The minimum absolute atomic E-state index is 0.240. The van der Waals surface area contributed by atoms with E-state index < -0.39 is 0 Å². The zero-order valence-corrected chi connectivity index (χ0v) is 13.8. The highest BCUT2D eigenvalue weighted by Crippen LogP contribution is 2.45. The number of para-hydroxylation sites is 1. The van der Waals surface area contributed by atoms with E-state index in [2.05, 4.69) is 22.7 Å². The highest BCUT2D eigenvalue weighted by Gasteiger charge is 2.34. The maximum atomic E-state index is 12.0. The topological polar surface area (TPSA) is 70.6 Å². The van der Waals surface area contributed by atoms with Crippen molar-refractivity contribution in [2.45, 2.75) is 32.3 Å². The van der Waals surface area contributed by atoms with E-state index in [0.717, 1.165) is 22.7 Å². The summed E-state index contributed by atoms with van der Waals surface area (Å²) in [4.78, 5) is 12.0.